The van der Waals surface area contributed by atoms with Gasteiger partial charge in [-0.2, -0.15) is 0 Å². The van der Waals surface area contributed by atoms with Crippen LogP contribution in [0, 0.1) is 0 Å². The van der Waals surface area contributed by atoms with Crippen molar-refractivity contribution >= 4 is 0 Å². The van der Waals surface area contributed by atoms with E-state index in [0.29, 0.717) is 5.92 Å². The van der Waals surface area contributed by atoms with Crippen molar-refractivity contribution in [3.05, 3.63) is 84.4 Å². The number of rotatable bonds is 3. The lowest BCUT2D eigenvalue weighted by molar-refractivity contribution is 0.867. The average Bonchev–Trinajstić information content (AvgIpc) is 2.56. The quantitative estimate of drug-likeness (QED) is 0.537. The molecule has 0 aliphatic carbocycles. The molecular formula is C21H20. The predicted molar refractivity (Wildman–Crippen MR) is 91.4 cm³/mol. The highest BCUT2D eigenvalue weighted by Gasteiger charge is 2.08. The Kier molecular flexibility index (Phi) is 3.87. The smallest absolute Gasteiger partial charge is 0.0105 e. The Morgan fingerprint density at radius 1 is 0.571 bits per heavy atom. The standard InChI is InChI=1S/C21H20/c1-16(2)18-11-8-12-19(15-18)21-14-7-6-13-20(21)17-9-4-3-5-10-17/h3-16H,1-2H3. The van der Waals surface area contributed by atoms with E-state index in [1.165, 1.54) is 27.8 Å². The Labute approximate surface area is 127 Å². The molecular weight excluding hydrogens is 252 g/mol. The lowest BCUT2D eigenvalue weighted by atomic mass is 9.92. The van der Waals surface area contributed by atoms with Crippen molar-refractivity contribution in [1.29, 1.82) is 0 Å². The largest absolute Gasteiger partial charge is 0.0622 e. The minimum atomic E-state index is 0.550. The molecule has 0 N–H and O–H groups in total. The first-order valence-electron chi connectivity index (χ1n) is 7.50. The zero-order chi connectivity index (χ0) is 14.7. The van der Waals surface area contributed by atoms with E-state index in [1.54, 1.807) is 0 Å². The number of benzene rings is 3. The summed E-state index contributed by atoms with van der Waals surface area (Å²) in [6.45, 7) is 4.48. The van der Waals surface area contributed by atoms with Crippen LogP contribution in [-0.2, 0) is 0 Å². The van der Waals surface area contributed by atoms with E-state index in [4.69, 9.17) is 0 Å². The summed E-state index contributed by atoms with van der Waals surface area (Å²) in [6, 6.07) is 28.1. The van der Waals surface area contributed by atoms with Gasteiger partial charge in [-0.25, -0.2) is 0 Å². The van der Waals surface area contributed by atoms with Gasteiger partial charge in [-0.15, -0.1) is 0 Å². The fraction of sp³-hybridized carbons (Fsp3) is 0.143. The first kappa shape index (κ1) is 13.6. The summed E-state index contributed by atoms with van der Waals surface area (Å²) in [7, 11) is 0. The topological polar surface area (TPSA) is 0 Å². The molecule has 3 aromatic rings. The van der Waals surface area contributed by atoms with Gasteiger partial charge in [-0.05, 0) is 33.7 Å². The van der Waals surface area contributed by atoms with Crippen LogP contribution in [0.3, 0.4) is 0 Å². The number of hydrogen-bond donors (Lipinski definition) is 0. The summed E-state index contributed by atoms with van der Waals surface area (Å²) in [6.07, 6.45) is 0. The Morgan fingerprint density at radius 3 is 1.81 bits per heavy atom. The van der Waals surface area contributed by atoms with Crippen molar-refractivity contribution in [2.75, 3.05) is 0 Å². The maximum absolute atomic E-state index is 2.31. The Balaban J connectivity index is 2.14. The fourth-order valence-electron chi connectivity index (χ4n) is 2.67. The van der Waals surface area contributed by atoms with E-state index in [9.17, 15) is 0 Å². The van der Waals surface area contributed by atoms with Crippen LogP contribution in [0.5, 0.6) is 0 Å². The molecule has 0 heteroatoms. The van der Waals surface area contributed by atoms with Crippen LogP contribution >= 0.6 is 0 Å². The monoisotopic (exact) mass is 272 g/mol. The molecule has 21 heavy (non-hydrogen) atoms. The van der Waals surface area contributed by atoms with Crippen molar-refractivity contribution in [2.45, 2.75) is 19.8 Å². The molecule has 0 aromatic heterocycles. The lowest BCUT2D eigenvalue weighted by Crippen LogP contribution is -1.89. The van der Waals surface area contributed by atoms with Gasteiger partial charge in [0.25, 0.3) is 0 Å². The van der Waals surface area contributed by atoms with Crippen LogP contribution in [0.15, 0.2) is 78.9 Å². The Bertz CT molecular complexity index is 724. The van der Waals surface area contributed by atoms with Crippen LogP contribution in [0.25, 0.3) is 22.3 Å². The predicted octanol–water partition coefficient (Wildman–Crippen LogP) is 6.14. The summed E-state index contributed by atoms with van der Waals surface area (Å²) in [5.74, 6) is 0.550. The van der Waals surface area contributed by atoms with Crippen molar-refractivity contribution in [2.24, 2.45) is 0 Å². The van der Waals surface area contributed by atoms with Gasteiger partial charge in [0.05, 0.1) is 0 Å². The molecule has 0 amide bonds. The highest BCUT2D eigenvalue weighted by atomic mass is 14.1. The van der Waals surface area contributed by atoms with Crippen molar-refractivity contribution in [1.82, 2.24) is 0 Å². The van der Waals surface area contributed by atoms with Gasteiger partial charge in [0.15, 0.2) is 0 Å². The van der Waals surface area contributed by atoms with Crippen molar-refractivity contribution in [3.8, 4) is 22.3 Å². The zero-order valence-electron chi connectivity index (χ0n) is 12.6. The average molecular weight is 272 g/mol. The second-order valence-electron chi connectivity index (χ2n) is 5.69. The second-order valence-corrected chi connectivity index (χ2v) is 5.69. The molecule has 0 radical (unpaired) electrons. The van der Waals surface area contributed by atoms with Crippen LogP contribution in [-0.4, -0.2) is 0 Å². The molecule has 0 nitrogen and oxygen atoms in total. The van der Waals surface area contributed by atoms with Crippen molar-refractivity contribution < 1.29 is 0 Å². The molecule has 0 heterocycles. The molecule has 0 bridgehead atoms. The van der Waals surface area contributed by atoms with Gasteiger partial charge in [0, 0.05) is 0 Å². The molecule has 0 saturated carbocycles. The molecule has 0 saturated heterocycles. The van der Waals surface area contributed by atoms with E-state index >= 15 is 0 Å². The minimum absolute atomic E-state index is 0.550. The van der Waals surface area contributed by atoms with Gasteiger partial charge in [0.1, 0.15) is 0 Å². The van der Waals surface area contributed by atoms with E-state index < -0.39 is 0 Å². The third kappa shape index (κ3) is 2.90. The highest BCUT2D eigenvalue weighted by Crippen LogP contribution is 2.33. The maximum Gasteiger partial charge on any atom is -0.0105 e. The fourth-order valence-corrected chi connectivity index (χ4v) is 2.67. The molecule has 0 unspecified atom stereocenters. The Hall–Kier alpha value is -2.34. The van der Waals surface area contributed by atoms with Gasteiger partial charge >= 0.3 is 0 Å². The van der Waals surface area contributed by atoms with E-state index in [2.05, 4.69) is 92.7 Å². The van der Waals surface area contributed by atoms with Crippen LogP contribution in [0.4, 0.5) is 0 Å². The molecule has 0 fully saturated rings. The molecule has 0 atom stereocenters. The molecule has 3 rings (SSSR count). The first-order chi connectivity index (χ1) is 10.3. The second kappa shape index (κ2) is 5.97. The highest BCUT2D eigenvalue weighted by molar-refractivity contribution is 5.83. The first-order valence-corrected chi connectivity index (χ1v) is 7.50. The SMILES string of the molecule is CC(C)c1cccc(-c2ccccc2-c2ccccc2)c1. The minimum Gasteiger partial charge on any atom is -0.0622 e. The van der Waals surface area contributed by atoms with E-state index in [-0.39, 0.29) is 0 Å². The maximum atomic E-state index is 2.31. The molecule has 0 aliphatic heterocycles. The van der Waals surface area contributed by atoms with Crippen LogP contribution < -0.4 is 0 Å². The van der Waals surface area contributed by atoms with E-state index in [1.807, 2.05) is 0 Å². The summed E-state index contributed by atoms with van der Waals surface area (Å²) >= 11 is 0. The van der Waals surface area contributed by atoms with Crippen LogP contribution in [0.2, 0.25) is 0 Å². The van der Waals surface area contributed by atoms with Gasteiger partial charge < -0.3 is 0 Å². The normalized spacial score (nSPS) is 10.8. The van der Waals surface area contributed by atoms with Gasteiger partial charge in [0.2, 0.25) is 0 Å². The van der Waals surface area contributed by atoms with Gasteiger partial charge in [-0.3, -0.25) is 0 Å². The molecule has 104 valence electrons. The third-order valence-corrected chi connectivity index (χ3v) is 3.88. The summed E-state index contributed by atoms with van der Waals surface area (Å²) in [5, 5.41) is 0. The van der Waals surface area contributed by atoms with E-state index in [0.717, 1.165) is 0 Å². The van der Waals surface area contributed by atoms with Crippen LogP contribution in [0.1, 0.15) is 25.3 Å². The molecule has 0 spiro atoms. The van der Waals surface area contributed by atoms with Crippen molar-refractivity contribution in [3.63, 3.8) is 0 Å². The number of hydrogen-bond acceptors (Lipinski definition) is 0. The Morgan fingerprint density at radius 2 is 1.14 bits per heavy atom. The zero-order valence-corrected chi connectivity index (χ0v) is 12.6. The molecule has 3 aromatic carbocycles. The lowest BCUT2D eigenvalue weighted by Gasteiger charge is -2.12. The van der Waals surface area contributed by atoms with Gasteiger partial charge in [-0.1, -0.05) is 92.7 Å². The summed E-state index contributed by atoms with van der Waals surface area (Å²) in [5.41, 5.74) is 6.53. The summed E-state index contributed by atoms with van der Waals surface area (Å²) < 4.78 is 0. The summed E-state index contributed by atoms with van der Waals surface area (Å²) in [4.78, 5) is 0. The third-order valence-electron chi connectivity index (χ3n) is 3.88. The molecule has 0 aliphatic rings.